The van der Waals surface area contributed by atoms with E-state index >= 15 is 0 Å². The van der Waals surface area contributed by atoms with Crippen LogP contribution >= 0.6 is 0 Å². The molecule has 0 aliphatic heterocycles. The molecule has 0 spiro atoms. The molecule has 0 radical (unpaired) electrons. The molecule has 1 aliphatic carbocycles. The monoisotopic (exact) mass is 246 g/mol. The van der Waals surface area contributed by atoms with Crippen molar-refractivity contribution in [3.63, 3.8) is 0 Å². The number of carbonyl (C=O) groups is 1. The number of benzene rings is 1. The number of nitrogens with two attached hydrogens (primary N) is 1. The Bertz CT molecular complexity index is 377. The third kappa shape index (κ3) is 3.57. The summed E-state index contributed by atoms with van der Waals surface area (Å²) in [5.74, 6) is 0.160. The number of amides is 1. The summed E-state index contributed by atoms with van der Waals surface area (Å²) < 4.78 is 0. The highest BCUT2D eigenvalue weighted by Crippen LogP contribution is 2.22. The van der Waals surface area contributed by atoms with Gasteiger partial charge in [-0.1, -0.05) is 43.2 Å². The Morgan fingerprint density at radius 3 is 2.67 bits per heavy atom. The molecule has 0 heterocycles. The summed E-state index contributed by atoms with van der Waals surface area (Å²) in [6.45, 7) is 0.700. The summed E-state index contributed by atoms with van der Waals surface area (Å²) in [6, 6.07) is 10.3. The molecule has 3 nitrogen and oxygen atoms in total. The molecule has 3 N–H and O–H groups in total. The average molecular weight is 246 g/mol. The summed E-state index contributed by atoms with van der Waals surface area (Å²) in [4.78, 5) is 12.0. The van der Waals surface area contributed by atoms with E-state index in [1.54, 1.807) is 0 Å². The van der Waals surface area contributed by atoms with E-state index < -0.39 is 0 Å². The zero-order valence-corrected chi connectivity index (χ0v) is 10.8. The Balaban J connectivity index is 1.74. The molecule has 3 heteroatoms. The van der Waals surface area contributed by atoms with E-state index in [4.69, 9.17) is 5.73 Å². The third-order valence-electron chi connectivity index (χ3n) is 3.71. The number of hydrogen-bond acceptors (Lipinski definition) is 2. The van der Waals surface area contributed by atoms with Crippen molar-refractivity contribution < 1.29 is 4.79 Å². The number of carbonyl (C=O) groups excluding carboxylic acids is 1. The minimum absolute atomic E-state index is 0.0227. The van der Waals surface area contributed by atoms with Gasteiger partial charge in [-0.15, -0.1) is 0 Å². The van der Waals surface area contributed by atoms with Crippen LogP contribution in [0.1, 0.15) is 31.2 Å². The van der Waals surface area contributed by atoms with E-state index in [2.05, 4.69) is 17.4 Å². The molecule has 2 atom stereocenters. The first-order valence-electron chi connectivity index (χ1n) is 6.84. The molecular formula is C15H22N2O. The van der Waals surface area contributed by atoms with Crippen LogP contribution in [0, 0.1) is 5.92 Å². The highest BCUT2D eigenvalue weighted by atomic mass is 16.1. The van der Waals surface area contributed by atoms with E-state index in [9.17, 15) is 4.79 Å². The highest BCUT2D eigenvalue weighted by Gasteiger charge is 2.27. The van der Waals surface area contributed by atoms with Crippen LogP contribution in [-0.2, 0) is 11.2 Å². The fourth-order valence-electron chi connectivity index (χ4n) is 2.59. The molecule has 1 aromatic rings. The SMILES string of the molecule is N[C@@H]1CCCC[C@H]1C(=O)NCCc1ccccc1. The molecular weight excluding hydrogens is 224 g/mol. The van der Waals surface area contributed by atoms with E-state index in [1.807, 2.05) is 18.2 Å². The van der Waals surface area contributed by atoms with Crippen molar-refractivity contribution in [3.05, 3.63) is 35.9 Å². The van der Waals surface area contributed by atoms with Crippen LogP contribution in [0.5, 0.6) is 0 Å². The van der Waals surface area contributed by atoms with E-state index in [0.29, 0.717) is 6.54 Å². The van der Waals surface area contributed by atoms with Crippen LogP contribution in [0.4, 0.5) is 0 Å². The van der Waals surface area contributed by atoms with Gasteiger partial charge in [0.2, 0.25) is 5.91 Å². The zero-order valence-electron chi connectivity index (χ0n) is 10.8. The van der Waals surface area contributed by atoms with Gasteiger partial charge in [0.15, 0.2) is 0 Å². The quantitative estimate of drug-likeness (QED) is 0.852. The van der Waals surface area contributed by atoms with Gasteiger partial charge in [0.1, 0.15) is 0 Å². The predicted octanol–water partition coefficient (Wildman–Crippen LogP) is 1.86. The Hall–Kier alpha value is -1.35. The summed E-state index contributed by atoms with van der Waals surface area (Å²) in [5, 5.41) is 3.01. The summed E-state index contributed by atoms with van der Waals surface area (Å²) >= 11 is 0. The number of rotatable bonds is 4. The zero-order chi connectivity index (χ0) is 12.8. The molecule has 1 amide bonds. The van der Waals surface area contributed by atoms with Gasteiger partial charge in [-0.05, 0) is 24.8 Å². The maximum absolute atomic E-state index is 12.0. The van der Waals surface area contributed by atoms with Crippen molar-refractivity contribution in [3.8, 4) is 0 Å². The second-order valence-electron chi connectivity index (χ2n) is 5.08. The molecule has 1 aromatic carbocycles. The standard InChI is InChI=1S/C15H22N2O/c16-14-9-5-4-8-13(14)15(18)17-11-10-12-6-2-1-3-7-12/h1-3,6-7,13-14H,4-5,8-11,16H2,(H,17,18)/t13-,14-/m1/s1. The van der Waals surface area contributed by atoms with Gasteiger partial charge in [0, 0.05) is 12.6 Å². The lowest BCUT2D eigenvalue weighted by molar-refractivity contribution is -0.126. The van der Waals surface area contributed by atoms with Crippen molar-refractivity contribution >= 4 is 5.91 Å². The lowest BCUT2D eigenvalue weighted by Crippen LogP contribution is -2.44. The maximum atomic E-state index is 12.0. The highest BCUT2D eigenvalue weighted by molar-refractivity contribution is 5.79. The summed E-state index contributed by atoms with van der Waals surface area (Å²) in [6.07, 6.45) is 5.10. The molecule has 1 fully saturated rings. The van der Waals surface area contributed by atoms with Crippen LogP contribution in [0.2, 0.25) is 0 Å². The largest absolute Gasteiger partial charge is 0.355 e. The maximum Gasteiger partial charge on any atom is 0.224 e. The second-order valence-corrected chi connectivity index (χ2v) is 5.08. The lowest BCUT2D eigenvalue weighted by Gasteiger charge is -2.27. The van der Waals surface area contributed by atoms with Crippen LogP contribution in [0.15, 0.2) is 30.3 Å². The van der Waals surface area contributed by atoms with Gasteiger partial charge < -0.3 is 11.1 Å². The minimum Gasteiger partial charge on any atom is -0.355 e. The lowest BCUT2D eigenvalue weighted by atomic mass is 9.84. The molecule has 98 valence electrons. The molecule has 1 aliphatic rings. The van der Waals surface area contributed by atoms with Crippen LogP contribution in [0.3, 0.4) is 0 Å². The van der Waals surface area contributed by atoms with Gasteiger partial charge in [0.25, 0.3) is 0 Å². The first kappa shape index (κ1) is 13.1. The number of nitrogens with one attached hydrogen (secondary N) is 1. The third-order valence-corrected chi connectivity index (χ3v) is 3.71. The number of hydrogen-bond donors (Lipinski definition) is 2. The fraction of sp³-hybridized carbons (Fsp3) is 0.533. The Labute approximate surface area is 109 Å². The molecule has 0 saturated heterocycles. The topological polar surface area (TPSA) is 55.1 Å². The fourth-order valence-corrected chi connectivity index (χ4v) is 2.59. The molecule has 18 heavy (non-hydrogen) atoms. The first-order valence-corrected chi connectivity index (χ1v) is 6.84. The summed E-state index contributed by atoms with van der Waals surface area (Å²) in [5.41, 5.74) is 7.26. The Morgan fingerprint density at radius 2 is 1.94 bits per heavy atom. The first-order chi connectivity index (χ1) is 8.77. The Morgan fingerprint density at radius 1 is 1.22 bits per heavy atom. The smallest absolute Gasteiger partial charge is 0.224 e. The van der Waals surface area contributed by atoms with Gasteiger partial charge in [-0.25, -0.2) is 0 Å². The van der Waals surface area contributed by atoms with E-state index in [1.165, 1.54) is 5.56 Å². The van der Waals surface area contributed by atoms with Gasteiger partial charge in [-0.2, -0.15) is 0 Å². The molecule has 2 rings (SSSR count). The van der Waals surface area contributed by atoms with Gasteiger partial charge >= 0.3 is 0 Å². The van der Waals surface area contributed by atoms with Crippen molar-refractivity contribution in [1.29, 1.82) is 0 Å². The van der Waals surface area contributed by atoms with Gasteiger partial charge in [-0.3, -0.25) is 4.79 Å². The van der Waals surface area contributed by atoms with Crippen molar-refractivity contribution in [2.24, 2.45) is 11.7 Å². The van der Waals surface area contributed by atoms with Gasteiger partial charge in [0.05, 0.1) is 5.92 Å². The second kappa shape index (κ2) is 6.55. The molecule has 1 saturated carbocycles. The average Bonchev–Trinajstić information content (AvgIpc) is 2.40. The normalized spacial score (nSPS) is 23.6. The minimum atomic E-state index is 0.0227. The molecule has 0 unspecified atom stereocenters. The van der Waals surface area contributed by atoms with Crippen molar-refractivity contribution in [1.82, 2.24) is 5.32 Å². The van der Waals surface area contributed by atoms with Crippen LogP contribution < -0.4 is 11.1 Å². The van der Waals surface area contributed by atoms with Crippen molar-refractivity contribution in [2.75, 3.05) is 6.54 Å². The molecule has 0 bridgehead atoms. The van der Waals surface area contributed by atoms with E-state index in [0.717, 1.165) is 32.1 Å². The van der Waals surface area contributed by atoms with Crippen LogP contribution in [-0.4, -0.2) is 18.5 Å². The van der Waals surface area contributed by atoms with Crippen molar-refractivity contribution in [2.45, 2.75) is 38.1 Å². The van der Waals surface area contributed by atoms with E-state index in [-0.39, 0.29) is 17.9 Å². The Kier molecular flexibility index (Phi) is 4.76. The molecule has 0 aromatic heterocycles. The summed E-state index contributed by atoms with van der Waals surface area (Å²) in [7, 11) is 0. The van der Waals surface area contributed by atoms with Crippen LogP contribution in [0.25, 0.3) is 0 Å². The predicted molar refractivity (Wildman–Crippen MR) is 73.1 cm³/mol.